The number of nitrogens with zero attached hydrogens (tertiary/aromatic N) is 1. The predicted molar refractivity (Wildman–Crippen MR) is 56.7 cm³/mol. The lowest BCUT2D eigenvalue weighted by Crippen LogP contribution is -2.38. The first-order valence-electron chi connectivity index (χ1n) is 3.82. The Morgan fingerprint density at radius 2 is 2.33 bits per heavy atom. The van der Waals surface area contributed by atoms with Crippen LogP contribution in [0.1, 0.15) is 18.9 Å². The monoisotopic (exact) mass is 248 g/mol. The fraction of sp³-hybridized carbons (Fsp3) is 0.625. The van der Waals surface area contributed by atoms with E-state index in [1.54, 1.807) is 11.3 Å². The molecule has 1 N–H and O–H groups in total. The zero-order valence-corrected chi connectivity index (χ0v) is 9.92. The van der Waals surface area contributed by atoms with E-state index in [1.165, 1.54) is 5.01 Å². The number of thiazole rings is 1. The third kappa shape index (κ3) is 2.84. The summed E-state index contributed by atoms with van der Waals surface area (Å²) in [6, 6.07) is 0. The summed E-state index contributed by atoms with van der Waals surface area (Å²) in [7, 11) is 1.97. The van der Waals surface area contributed by atoms with Crippen molar-refractivity contribution in [3.63, 3.8) is 0 Å². The minimum absolute atomic E-state index is 0.136. The molecule has 1 aromatic heterocycles. The summed E-state index contributed by atoms with van der Waals surface area (Å²) < 4.78 is 1.10. The van der Waals surface area contributed by atoms with Gasteiger partial charge in [-0.15, -0.1) is 11.3 Å². The first-order valence-corrected chi connectivity index (χ1v) is 5.43. The first-order chi connectivity index (χ1) is 5.53. The van der Waals surface area contributed by atoms with Gasteiger partial charge in [0.05, 0.1) is 15.0 Å². The van der Waals surface area contributed by atoms with Crippen LogP contribution in [-0.4, -0.2) is 17.6 Å². The topological polar surface area (TPSA) is 24.9 Å². The maximum atomic E-state index is 4.28. The van der Waals surface area contributed by atoms with Crippen LogP contribution in [0, 0.1) is 0 Å². The molecule has 0 aliphatic heterocycles. The average molecular weight is 249 g/mol. The number of hydrogen-bond donors (Lipinski definition) is 1. The Hall–Kier alpha value is 0.0700. The highest BCUT2D eigenvalue weighted by Gasteiger charge is 2.17. The second-order valence-electron chi connectivity index (χ2n) is 3.37. The quantitative estimate of drug-likeness (QED) is 0.890. The van der Waals surface area contributed by atoms with E-state index in [-0.39, 0.29) is 5.54 Å². The van der Waals surface area contributed by atoms with Crippen LogP contribution in [0.5, 0.6) is 0 Å². The van der Waals surface area contributed by atoms with E-state index in [0.29, 0.717) is 0 Å². The van der Waals surface area contributed by atoms with Gasteiger partial charge in [0.15, 0.2) is 0 Å². The van der Waals surface area contributed by atoms with Gasteiger partial charge in [0.2, 0.25) is 0 Å². The molecule has 1 heterocycles. The summed E-state index contributed by atoms with van der Waals surface area (Å²) in [5.74, 6) is 0. The Bertz CT molecular complexity index is 257. The molecule has 0 fully saturated rings. The van der Waals surface area contributed by atoms with Crippen molar-refractivity contribution in [3.05, 3.63) is 15.0 Å². The summed E-state index contributed by atoms with van der Waals surface area (Å²) in [6.07, 6.45) is 2.82. The summed E-state index contributed by atoms with van der Waals surface area (Å²) in [4.78, 5) is 4.28. The highest BCUT2D eigenvalue weighted by molar-refractivity contribution is 9.11. The molecule has 0 saturated heterocycles. The molecule has 0 spiro atoms. The number of rotatable bonds is 3. The van der Waals surface area contributed by atoms with Crippen LogP contribution >= 0.6 is 27.3 Å². The van der Waals surface area contributed by atoms with Crippen LogP contribution < -0.4 is 5.32 Å². The largest absolute Gasteiger partial charge is 0.314 e. The molecule has 68 valence electrons. The van der Waals surface area contributed by atoms with Gasteiger partial charge in [0.25, 0.3) is 0 Å². The molecule has 12 heavy (non-hydrogen) atoms. The second-order valence-corrected chi connectivity index (χ2v) is 5.86. The molecule has 0 radical (unpaired) electrons. The van der Waals surface area contributed by atoms with Gasteiger partial charge in [-0.05, 0) is 36.8 Å². The highest BCUT2D eigenvalue weighted by Crippen LogP contribution is 2.22. The minimum atomic E-state index is 0.136. The van der Waals surface area contributed by atoms with Crippen LogP contribution in [-0.2, 0) is 6.42 Å². The van der Waals surface area contributed by atoms with Crippen molar-refractivity contribution in [1.29, 1.82) is 0 Å². The molecular weight excluding hydrogens is 236 g/mol. The maximum absolute atomic E-state index is 4.28. The smallest absolute Gasteiger partial charge is 0.0954 e. The highest BCUT2D eigenvalue weighted by atomic mass is 79.9. The van der Waals surface area contributed by atoms with Gasteiger partial charge in [0.1, 0.15) is 0 Å². The van der Waals surface area contributed by atoms with E-state index in [1.807, 2.05) is 13.2 Å². The van der Waals surface area contributed by atoms with E-state index in [4.69, 9.17) is 0 Å². The molecule has 0 bridgehead atoms. The summed E-state index contributed by atoms with van der Waals surface area (Å²) in [5.41, 5.74) is 0.136. The van der Waals surface area contributed by atoms with Crippen LogP contribution in [0.4, 0.5) is 0 Å². The van der Waals surface area contributed by atoms with Crippen molar-refractivity contribution in [2.24, 2.45) is 0 Å². The van der Waals surface area contributed by atoms with E-state index in [9.17, 15) is 0 Å². The van der Waals surface area contributed by atoms with Crippen LogP contribution in [0.2, 0.25) is 0 Å². The zero-order valence-electron chi connectivity index (χ0n) is 7.52. The molecule has 0 amide bonds. The Morgan fingerprint density at radius 3 is 2.75 bits per heavy atom. The van der Waals surface area contributed by atoms with Crippen LogP contribution in [0.15, 0.2) is 9.98 Å². The molecular formula is C8H13BrN2S. The lowest BCUT2D eigenvalue weighted by atomic mass is 10.0. The normalized spacial score (nSPS) is 12.0. The zero-order chi connectivity index (χ0) is 9.19. The van der Waals surface area contributed by atoms with Gasteiger partial charge in [-0.25, -0.2) is 4.98 Å². The lowest BCUT2D eigenvalue weighted by Gasteiger charge is -2.22. The number of likely N-dealkylation sites (N-methyl/N-ethyl adjacent to an activating group) is 1. The molecule has 2 nitrogen and oxygen atoms in total. The molecule has 0 aliphatic rings. The molecule has 0 saturated carbocycles. The van der Waals surface area contributed by atoms with Gasteiger partial charge in [0, 0.05) is 12.0 Å². The van der Waals surface area contributed by atoms with Crippen LogP contribution in [0.3, 0.4) is 0 Å². The third-order valence-corrected chi connectivity index (χ3v) is 3.27. The molecule has 0 aliphatic carbocycles. The van der Waals surface area contributed by atoms with Crippen molar-refractivity contribution in [1.82, 2.24) is 10.3 Å². The van der Waals surface area contributed by atoms with Crippen molar-refractivity contribution >= 4 is 27.3 Å². The van der Waals surface area contributed by atoms with Crippen molar-refractivity contribution in [3.8, 4) is 0 Å². The van der Waals surface area contributed by atoms with Gasteiger partial charge in [-0.1, -0.05) is 0 Å². The van der Waals surface area contributed by atoms with E-state index < -0.39 is 0 Å². The number of hydrogen-bond acceptors (Lipinski definition) is 3. The van der Waals surface area contributed by atoms with Gasteiger partial charge >= 0.3 is 0 Å². The average Bonchev–Trinajstić information content (AvgIpc) is 2.35. The molecule has 0 aromatic carbocycles. The van der Waals surface area contributed by atoms with Crippen molar-refractivity contribution in [2.45, 2.75) is 25.8 Å². The molecule has 1 aromatic rings. The Kier molecular flexibility index (Phi) is 3.26. The molecule has 0 atom stereocenters. The number of nitrogens with one attached hydrogen (secondary N) is 1. The van der Waals surface area contributed by atoms with E-state index in [2.05, 4.69) is 40.1 Å². The summed E-state index contributed by atoms with van der Waals surface area (Å²) in [5, 5.41) is 4.42. The Labute approximate surface area is 85.5 Å². The molecule has 1 rings (SSSR count). The standard InChI is InChI=1S/C8H13BrN2S/c1-8(2,10-3)4-7-11-5-6(9)12-7/h5,10H,4H2,1-3H3. The van der Waals surface area contributed by atoms with Gasteiger partial charge in [-0.3, -0.25) is 0 Å². The number of halogens is 1. The second kappa shape index (κ2) is 3.85. The van der Waals surface area contributed by atoms with E-state index >= 15 is 0 Å². The first kappa shape index (κ1) is 10.2. The van der Waals surface area contributed by atoms with Crippen molar-refractivity contribution in [2.75, 3.05) is 7.05 Å². The summed E-state index contributed by atoms with van der Waals surface area (Å²) in [6.45, 7) is 4.34. The third-order valence-electron chi connectivity index (χ3n) is 1.80. The van der Waals surface area contributed by atoms with Gasteiger partial charge < -0.3 is 5.32 Å². The fourth-order valence-electron chi connectivity index (χ4n) is 0.836. The maximum Gasteiger partial charge on any atom is 0.0954 e. The number of aromatic nitrogens is 1. The Morgan fingerprint density at radius 1 is 1.67 bits per heavy atom. The predicted octanol–water partition coefficient (Wildman–Crippen LogP) is 2.45. The molecule has 0 unspecified atom stereocenters. The summed E-state index contributed by atoms with van der Waals surface area (Å²) >= 11 is 5.09. The van der Waals surface area contributed by atoms with Crippen molar-refractivity contribution < 1.29 is 0 Å². The van der Waals surface area contributed by atoms with Crippen LogP contribution in [0.25, 0.3) is 0 Å². The van der Waals surface area contributed by atoms with Gasteiger partial charge in [-0.2, -0.15) is 0 Å². The Balaban J connectivity index is 2.63. The van der Waals surface area contributed by atoms with E-state index in [0.717, 1.165) is 10.2 Å². The molecule has 4 heteroatoms. The minimum Gasteiger partial charge on any atom is -0.314 e. The fourth-order valence-corrected chi connectivity index (χ4v) is 2.37. The lowest BCUT2D eigenvalue weighted by molar-refractivity contribution is 0.421. The SMILES string of the molecule is CNC(C)(C)Cc1ncc(Br)s1.